The van der Waals surface area contributed by atoms with E-state index in [1.807, 2.05) is 19.1 Å². The van der Waals surface area contributed by atoms with Gasteiger partial charge in [-0.3, -0.25) is 4.79 Å². The summed E-state index contributed by atoms with van der Waals surface area (Å²) >= 11 is 0. The lowest BCUT2D eigenvalue weighted by Gasteiger charge is -2.26. The first-order valence-corrected chi connectivity index (χ1v) is 6.44. The van der Waals surface area contributed by atoms with Crippen molar-refractivity contribution in [1.29, 1.82) is 0 Å². The summed E-state index contributed by atoms with van der Waals surface area (Å²) in [6.45, 7) is 2.44. The Labute approximate surface area is 107 Å². The second-order valence-electron chi connectivity index (χ2n) is 4.82. The Hall–Kier alpha value is -1.29. The molecule has 0 N–H and O–H groups in total. The molecule has 1 aromatic heterocycles. The minimum absolute atomic E-state index is 0.0562. The molecule has 1 aliphatic carbocycles. The van der Waals surface area contributed by atoms with E-state index in [1.165, 1.54) is 7.11 Å². The van der Waals surface area contributed by atoms with Gasteiger partial charge in [0.15, 0.2) is 0 Å². The zero-order chi connectivity index (χ0) is 13.0. The van der Waals surface area contributed by atoms with Gasteiger partial charge < -0.3 is 13.9 Å². The molecule has 4 heteroatoms. The van der Waals surface area contributed by atoms with Gasteiger partial charge in [-0.25, -0.2) is 0 Å². The summed E-state index contributed by atoms with van der Waals surface area (Å²) in [4.78, 5) is 11.4. The monoisotopic (exact) mass is 252 g/mol. The Morgan fingerprint density at radius 2 is 2.06 bits per heavy atom. The highest BCUT2D eigenvalue weighted by molar-refractivity contribution is 5.72. The van der Waals surface area contributed by atoms with Gasteiger partial charge in [0.1, 0.15) is 18.1 Å². The molecule has 0 bridgehead atoms. The van der Waals surface area contributed by atoms with Gasteiger partial charge in [0.2, 0.25) is 0 Å². The normalized spacial score (nSPS) is 23.9. The number of ether oxygens (including phenoxy) is 2. The lowest BCUT2D eigenvalue weighted by molar-refractivity contribution is -0.147. The first-order valence-electron chi connectivity index (χ1n) is 6.44. The van der Waals surface area contributed by atoms with Crippen LogP contribution in [0.25, 0.3) is 0 Å². The van der Waals surface area contributed by atoms with E-state index in [4.69, 9.17) is 13.9 Å². The van der Waals surface area contributed by atoms with Crippen LogP contribution in [0, 0.1) is 12.8 Å². The highest BCUT2D eigenvalue weighted by Crippen LogP contribution is 2.27. The predicted molar refractivity (Wildman–Crippen MR) is 66.0 cm³/mol. The van der Waals surface area contributed by atoms with E-state index in [0.29, 0.717) is 6.61 Å². The minimum atomic E-state index is -0.0879. The molecule has 0 amide bonds. The van der Waals surface area contributed by atoms with Crippen molar-refractivity contribution in [2.75, 3.05) is 7.11 Å². The fourth-order valence-corrected chi connectivity index (χ4v) is 2.39. The van der Waals surface area contributed by atoms with Crippen LogP contribution in [0.15, 0.2) is 16.5 Å². The van der Waals surface area contributed by atoms with E-state index < -0.39 is 0 Å². The van der Waals surface area contributed by atoms with Gasteiger partial charge in [0.25, 0.3) is 0 Å². The van der Waals surface area contributed by atoms with E-state index in [0.717, 1.165) is 37.2 Å². The van der Waals surface area contributed by atoms with E-state index in [1.54, 1.807) is 0 Å². The lowest BCUT2D eigenvalue weighted by atomic mass is 9.87. The quantitative estimate of drug-likeness (QED) is 0.773. The highest BCUT2D eigenvalue weighted by atomic mass is 16.5. The van der Waals surface area contributed by atoms with Gasteiger partial charge in [0.05, 0.1) is 19.1 Å². The van der Waals surface area contributed by atoms with Crippen LogP contribution in [0.5, 0.6) is 0 Å². The predicted octanol–water partition coefficient (Wildman–Crippen LogP) is 2.84. The number of hydrogen-bond acceptors (Lipinski definition) is 4. The highest BCUT2D eigenvalue weighted by Gasteiger charge is 2.27. The number of furan rings is 1. The first kappa shape index (κ1) is 13.1. The number of esters is 1. The number of carbonyl (C=O) groups is 1. The standard InChI is InChI=1S/C14H20O4/c1-10-3-6-13(18-10)9-17-12-7-4-11(5-8-12)14(15)16-2/h3,6,11-12H,4-5,7-9H2,1-2H3. The number of methoxy groups -OCH3 is 1. The lowest BCUT2D eigenvalue weighted by Crippen LogP contribution is -2.26. The molecule has 0 spiro atoms. The van der Waals surface area contributed by atoms with Gasteiger partial charge in [0, 0.05) is 0 Å². The van der Waals surface area contributed by atoms with Crippen molar-refractivity contribution in [3.8, 4) is 0 Å². The second kappa shape index (κ2) is 6.05. The molecule has 1 aromatic rings. The molecule has 1 heterocycles. The minimum Gasteiger partial charge on any atom is -0.469 e. The van der Waals surface area contributed by atoms with Gasteiger partial charge in [-0.2, -0.15) is 0 Å². The molecular formula is C14H20O4. The maximum atomic E-state index is 11.4. The van der Waals surface area contributed by atoms with E-state index in [9.17, 15) is 4.79 Å². The maximum Gasteiger partial charge on any atom is 0.308 e. The summed E-state index contributed by atoms with van der Waals surface area (Å²) in [5, 5.41) is 0. The van der Waals surface area contributed by atoms with Crippen LogP contribution >= 0.6 is 0 Å². The number of carbonyl (C=O) groups excluding carboxylic acids is 1. The SMILES string of the molecule is COC(=O)C1CCC(OCc2ccc(C)o2)CC1. The van der Waals surface area contributed by atoms with Gasteiger partial charge in [-0.1, -0.05) is 0 Å². The molecule has 0 aromatic carbocycles. The van der Waals surface area contributed by atoms with Crippen LogP contribution in [-0.2, 0) is 20.9 Å². The molecule has 100 valence electrons. The van der Waals surface area contributed by atoms with Crippen molar-refractivity contribution in [3.63, 3.8) is 0 Å². The van der Waals surface area contributed by atoms with Crippen molar-refractivity contribution in [2.45, 2.75) is 45.3 Å². The summed E-state index contributed by atoms with van der Waals surface area (Å²) in [5.74, 6) is 1.74. The second-order valence-corrected chi connectivity index (χ2v) is 4.82. The Morgan fingerprint density at radius 1 is 1.33 bits per heavy atom. The van der Waals surface area contributed by atoms with Crippen LogP contribution in [0.2, 0.25) is 0 Å². The van der Waals surface area contributed by atoms with E-state index in [2.05, 4.69) is 0 Å². The molecule has 2 rings (SSSR count). The molecule has 0 unspecified atom stereocenters. The summed E-state index contributed by atoms with van der Waals surface area (Å²) in [7, 11) is 1.45. The topological polar surface area (TPSA) is 48.7 Å². The zero-order valence-corrected chi connectivity index (χ0v) is 11.0. The molecule has 0 radical (unpaired) electrons. The Balaban J connectivity index is 1.72. The Kier molecular flexibility index (Phi) is 4.42. The zero-order valence-electron chi connectivity index (χ0n) is 11.0. The fraction of sp³-hybridized carbons (Fsp3) is 0.643. The van der Waals surface area contributed by atoms with Crippen molar-refractivity contribution in [1.82, 2.24) is 0 Å². The summed E-state index contributed by atoms with van der Waals surface area (Å²) in [5.41, 5.74) is 0. The third kappa shape index (κ3) is 3.35. The summed E-state index contributed by atoms with van der Waals surface area (Å²) < 4.78 is 16.0. The van der Waals surface area contributed by atoms with Crippen molar-refractivity contribution in [3.05, 3.63) is 23.7 Å². The van der Waals surface area contributed by atoms with Crippen LogP contribution < -0.4 is 0 Å². The van der Waals surface area contributed by atoms with Gasteiger partial charge in [-0.15, -0.1) is 0 Å². The molecule has 1 saturated carbocycles. The van der Waals surface area contributed by atoms with Gasteiger partial charge >= 0.3 is 5.97 Å². The Morgan fingerprint density at radius 3 is 2.61 bits per heavy atom. The van der Waals surface area contributed by atoms with Crippen LogP contribution in [0.4, 0.5) is 0 Å². The van der Waals surface area contributed by atoms with Crippen LogP contribution in [0.3, 0.4) is 0 Å². The first-order chi connectivity index (χ1) is 8.69. The van der Waals surface area contributed by atoms with E-state index in [-0.39, 0.29) is 18.0 Å². The summed E-state index contributed by atoms with van der Waals surface area (Å²) in [6.07, 6.45) is 3.78. The van der Waals surface area contributed by atoms with Crippen LogP contribution in [-0.4, -0.2) is 19.2 Å². The largest absolute Gasteiger partial charge is 0.469 e. The van der Waals surface area contributed by atoms with Gasteiger partial charge in [-0.05, 0) is 44.7 Å². The molecule has 0 atom stereocenters. The Bertz CT molecular complexity index is 388. The van der Waals surface area contributed by atoms with E-state index >= 15 is 0 Å². The molecule has 1 aliphatic rings. The van der Waals surface area contributed by atoms with Crippen molar-refractivity contribution in [2.24, 2.45) is 5.92 Å². The number of hydrogen-bond donors (Lipinski definition) is 0. The van der Waals surface area contributed by atoms with Crippen LogP contribution in [0.1, 0.15) is 37.2 Å². The average molecular weight is 252 g/mol. The number of rotatable bonds is 4. The number of aryl methyl sites for hydroxylation is 1. The smallest absolute Gasteiger partial charge is 0.308 e. The maximum absolute atomic E-state index is 11.4. The average Bonchev–Trinajstić information content (AvgIpc) is 2.82. The third-order valence-electron chi connectivity index (χ3n) is 3.47. The third-order valence-corrected chi connectivity index (χ3v) is 3.47. The van der Waals surface area contributed by atoms with Crippen molar-refractivity contribution >= 4 is 5.97 Å². The molecule has 18 heavy (non-hydrogen) atoms. The summed E-state index contributed by atoms with van der Waals surface area (Å²) in [6, 6.07) is 3.88. The molecule has 0 aliphatic heterocycles. The molecule has 1 fully saturated rings. The molecular weight excluding hydrogens is 232 g/mol. The van der Waals surface area contributed by atoms with Crippen molar-refractivity contribution < 1.29 is 18.7 Å². The fourth-order valence-electron chi connectivity index (χ4n) is 2.39. The molecule has 4 nitrogen and oxygen atoms in total. The molecule has 0 saturated heterocycles.